The number of carboxylic acids is 1. The van der Waals surface area contributed by atoms with E-state index in [1.165, 1.54) is 56.8 Å². The van der Waals surface area contributed by atoms with Crippen LogP contribution in [0, 0.1) is 0 Å². The second-order valence-electron chi connectivity index (χ2n) is 6.47. The summed E-state index contributed by atoms with van der Waals surface area (Å²) in [6, 6.07) is 10.2. The van der Waals surface area contributed by atoms with E-state index in [1.54, 1.807) is 6.07 Å². The van der Waals surface area contributed by atoms with E-state index in [0.717, 1.165) is 11.8 Å². The summed E-state index contributed by atoms with van der Waals surface area (Å²) in [5.41, 5.74) is 0.516. The third kappa shape index (κ3) is 6.23. The summed E-state index contributed by atoms with van der Waals surface area (Å²) in [6.45, 7) is 0. The molecule has 0 aromatic heterocycles. The lowest BCUT2D eigenvalue weighted by molar-refractivity contribution is -0.138. The molecule has 174 valence electrons. The van der Waals surface area contributed by atoms with Gasteiger partial charge in [-0.25, -0.2) is 0 Å². The van der Waals surface area contributed by atoms with Crippen molar-refractivity contribution in [2.75, 3.05) is 14.2 Å². The quantitative estimate of drug-likeness (QED) is 0.303. The van der Waals surface area contributed by atoms with Crippen molar-refractivity contribution in [3.8, 4) is 17.2 Å². The van der Waals surface area contributed by atoms with Crippen molar-refractivity contribution in [2.24, 2.45) is 10.2 Å². The van der Waals surface area contributed by atoms with Crippen molar-refractivity contribution < 1.29 is 36.8 Å². The molecule has 0 radical (unpaired) electrons. The van der Waals surface area contributed by atoms with Crippen molar-refractivity contribution in [1.82, 2.24) is 5.32 Å². The fourth-order valence-electron chi connectivity index (χ4n) is 2.64. The minimum absolute atomic E-state index is 0.0214. The van der Waals surface area contributed by atoms with Crippen LogP contribution in [0.2, 0.25) is 0 Å². The molecular formula is C20H19N3O8S2. The molecule has 0 unspecified atom stereocenters. The lowest BCUT2D eigenvalue weighted by atomic mass is 10.2. The van der Waals surface area contributed by atoms with Crippen LogP contribution in [0.15, 0.2) is 57.6 Å². The van der Waals surface area contributed by atoms with Gasteiger partial charge in [0.15, 0.2) is 16.7 Å². The van der Waals surface area contributed by atoms with Crippen LogP contribution in [0.5, 0.6) is 17.2 Å². The second-order valence-corrected chi connectivity index (χ2v) is 9.20. The number of nitrogens with zero attached hydrogens (tertiary/aromatic N) is 2. The number of carboxylic acid groups (broad SMARTS) is 1. The number of methoxy groups -OCH3 is 2. The number of hydrogen-bond donors (Lipinski definition) is 2. The van der Waals surface area contributed by atoms with Gasteiger partial charge in [0.25, 0.3) is 0 Å². The number of aliphatic carboxylic acids is 1. The van der Waals surface area contributed by atoms with Gasteiger partial charge in [-0.15, -0.1) is 5.10 Å². The average molecular weight is 494 g/mol. The molecule has 0 saturated carbocycles. The smallest absolute Gasteiger partial charge is 0.339 e. The Labute approximate surface area is 193 Å². The number of nitrogens with one attached hydrogen (secondary N) is 1. The van der Waals surface area contributed by atoms with Crippen LogP contribution >= 0.6 is 11.8 Å². The molecule has 1 saturated heterocycles. The van der Waals surface area contributed by atoms with Crippen LogP contribution in [0.25, 0.3) is 0 Å². The van der Waals surface area contributed by atoms with Gasteiger partial charge in [0, 0.05) is 0 Å². The third-order valence-electron chi connectivity index (χ3n) is 4.23. The van der Waals surface area contributed by atoms with Crippen molar-refractivity contribution in [1.29, 1.82) is 0 Å². The highest BCUT2D eigenvalue weighted by molar-refractivity contribution is 8.15. The number of benzene rings is 2. The van der Waals surface area contributed by atoms with Gasteiger partial charge in [0.2, 0.25) is 5.91 Å². The summed E-state index contributed by atoms with van der Waals surface area (Å²) >= 11 is 0.974. The van der Waals surface area contributed by atoms with E-state index in [4.69, 9.17) is 18.8 Å². The first-order chi connectivity index (χ1) is 15.7. The molecule has 3 rings (SSSR count). The van der Waals surface area contributed by atoms with Crippen molar-refractivity contribution in [3.05, 3.63) is 48.0 Å². The molecule has 1 aliphatic heterocycles. The number of thioether (sulfide) groups is 1. The Morgan fingerprint density at radius 1 is 1.15 bits per heavy atom. The Hall–Kier alpha value is -3.58. The molecule has 1 amide bonds. The van der Waals surface area contributed by atoms with Gasteiger partial charge < -0.3 is 24.1 Å². The maximum Gasteiger partial charge on any atom is 0.339 e. The van der Waals surface area contributed by atoms with E-state index in [0.29, 0.717) is 11.3 Å². The molecule has 1 heterocycles. The molecule has 1 fully saturated rings. The fourth-order valence-corrected chi connectivity index (χ4v) is 4.49. The molecule has 0 bridgehead atoms. The Bertz CT molecular complexity index is 1210. The lowest BCUT2D eigenvalue weighted by Gasteiger charge is -2.11. The SMILES string of the molecule is COc1ccc(S(=O)(=O)Oc2ccc(/C=N\N=C3\NC(=O)[C@H](CC(=O)O)S3)cc2OC)cc1. The van der Waals surface area contributed by atoms with Gasteiger partial charge in [-0.1, -0.05) is 11.8 Å². The number of carbonyl (C=O) groups is 2. The zero-order chi connectivity index (χ0) is 24.0. The molecule has 1 aliphatic rings. The first-order valence-electron chi connectivity index (χ1n) is 9.29. The zero-order valence-corrected chi connectivity index (χ0v) is 19.1. The topological polar surface area (TPSA) is 153 Å². The fraction of sp³-hybridized carbons (Fsp3) is 0.200. The van der Waals surface area contributed by atoms with E-state index in [2.05, 4.69) is 15.5 Å². The molecule has 2 aromatic carbocycles. The number of amides is 1. The number of carbonyl (C=O) groups excluding carboxylic acids is 1. The van der Waals surface area contributed by atoms with Gasteiger partial charge in [0.1, 0.15) is 15.9 Å². The average Bonchev–Trinajstić information content (AvgIpc) is 3.12. The van der Waals surface area contributed by atoms with Crippen molar-refractivity contribution in [3.63, 3.8) is 0 Å². The predicted octanol–water partition coefficient (Wildman–Crippen LogP) is 1.87. The van der Waals surface area contributed by atoms with Gasteiger partial charge in [-0.3, -0.25) is 9.59 Å². The van der Waals surface area contributed by atoms with E-state index < -0.39 is 27.2 Å². The Morgan fingerprint density at radius 3 is 2.52 bits per heavy atom. The summed E-state index contributed by atoms with van der Waals surface area (Å²) < 4.78 is 40.6. The molecule has 11 nitrogen and oxygen atoms in total. The molecule has 33 heavy (non-hydrogen) atoms. The first-order valence-corrected chi connectivity index (χ1v) is 11.6. The van der Waals surface area contributed by atoms with E-state index in [-0.39, 0.29) is 28.0 Å². The molecule has 0 spiro atoms. The number of ether oxygens (including phenoxy) is 2. The minimum atomic E-state index is -4.11. The second kappa shape index (κ2) is 10.4. The monoisotopic (exact) mass is 493 g/mol. The molecule has 0 aliphatic carbocycles. The molecule has 2 aromatic rings. The third-order valence-corrected chi connectivity index (χ3v) is 6.55. The summed E-state index contributed by atoms with van der Waals surface area (Å²) in [6.07, 6.45) is 1.03. The molecule has 13 heteroatoms. The number of hydrogen-bond acceptors (Lipinski definition) is 10. The summed E-state index contributed by atoms with van der Waals surface area (Å²) in [5, 5.41) is 18.4. The van der Waals surface area contributed by atoms with Gasteiger partial charge in [-0.2, -0.15) is 13.5 Å². The number of rotatable bonds is 9. The van der Waals surface area contributed by atoms with Crippen LogP contribution in [-0.4, -0.2) is 56.3 Å². The highest BCUT2D eigenvalue weighted by Crippen LogP contribution is 2.31. The maximum atomic E-state index is 12.6. The van der Waals surface area contributed by atoms with Gasteiger partial charge >= 0.3 is 16.1 Å². The summed E-state index contributed by atoms with van der Waals surface area (Å²) in [7, 11) is -1.28. The van der Waals surface area contributed by atoms with E-state index in [1.807, 2.05) is 0 Å². The van der Waals surface area contributed by atoms with Gasteiger partial charge in [-0.05, 0) is 48.0 Å². The van der Waals surface area contributed by atoms with Crippen LogP contribution in [0.1, 0.15) is 12.0 Å². The van der Waals surface area contributed by atoms with Crippen molar-refractivity contribution >= 4 is 45.1 Å². The van der Waals surface area contributed by atoms with Gasteiger partial charge in [0.05, 0.1) is 26.9 Å². The first kappa shape index (κ1) is 24.1. The molecule has 1 atom stereocenters. The standard InChI is InChI=1S/C20H19N3O8S2/c1-29-13-4-6-14(7-5-13)33(27,28)31-15-8-3-12(9-16(15)30-2)11-21-23-20-22-19(26)17(32-20)10-18(24)25/h3-9,11,17H,10H2,1-2H3,(H,24,25)(H,22,23,26)/b21-11-/t17-/m0/s1. The van der Waals surface area contributed by atoms with E-state index >= 15 is 0 Å². The normalized spacial score (nSPS) is 17.2. The van der Waals surface area contributed by atoms with E-state index in [9.17, 15) is 18.0 Å². The highest BCUT2D eigenvalue weighted by Gasteiger charge is 2.32. The molecule has 2 N–H and O–H groups in total. The Kier molecular flexibility index (Phi) is 7.55. The number of amidine groups is 1. The maximum absolute atomic E-state index is 12.6. The minimum Gasteiger partial charge on any atom is -0.497 e. The summed E-state index contributed by atoms with van der Waals surface area (Å²) in [4.78, 5) is 22.4. The summed E-state index contributed by atoms with van der Waals surface area (Å²) in [5.74, 6) is -0.902. The zero-order valence-electron chi connectivity index (χ0n) is 17.4. The lowest BCUT2D eigenvalue weighted by Crippen LogP contribution is -2.26. The van der Waals surface area contributed by atoms with Crippen LogP contribution < -0.4 is 19.0 Å². The molecular weight excluding hydrogens is 474 g/mol. The Balaban J connectivity index is 1.72. The predicted molar refractivity (Wildman–Crippen MR) is 121 cm³/mol. The largest absolute Gasteiger partial charge is 0.497 e. The Morgan fingerprint density at radius 2 is 1.88 bits per heavy atom. The highest BCUT2D eigenvalue weighted by atomic mass is 32.2. The van der Waals surface area contributed by atoms with Crippen LogP contribution in [-0.2, 0) is 19.7 Å². The van der Waals surface area contributed by atoms with Crippen LogP contribution in [0.4, 0.5) is 0 Å². The van der Waals surface area contributed by atoms with Crippen molar-refractivity contribution in [2.45, 2.75) is 16.6 Å². The van der Waals surface area contributed by atoms with Crippen LogP contribution in [0.3, 0.4) is 0 Å².